The summed E-state index contributed by atoms with van der Waals surface area (Å²) in [6.45, 7) is 1.96. The summed E-state index contributed by atoms with van der Waals surface area (Å²) in [5.41, 5.74) is 0.915. The standard InChI is InChI=1S/C19H21N5O3/c1-24-14(18(25)26)11-12-3-2-4-15(17(12)24)27-16-7-10-21-19(23-16)22-13-5-8-20-9-6-13/h2-4,7,10-11,13,20H,5-6,8-9H2,1H3,(H,25,26)(H,21,22,23). The number of nitrogens with one attached hydrogen (secondary N) is 2. The second kappa shape index (κ2) is 7.24. The molecule has 0 aliphatic carbocycles. The molecule has 0 amide bonds. The highest BCUT2D eigenvalue weighted by Crippen LogP contribution is 2.31. The van der Waals surface area contributed by atoms with Crippen molar-refractivity contribution in [3.63, 3.8) is 0 Å². The molecule has 1 aromatic carbocycles. The van der Waals surface area contributed by atoms with Crippen LogP contribution in [-0.2, 0) is 7.05 Å². The van der Waals surface area contributed by atoms with Crippen molar-refractivity contribution in [2.24, 2.45) is 7.05 Å². The maximum absolute atomic E-state index is 11.4. The van der Waals surface area contributed by atoms with E-state index in [2.05, 4.69) is 20.6 Å². The number of anilines is 1. The summed E-state index contributed by atoms with van der Waals surface area (Å²) < 4.78 is 7.59. The molecule has 1 aliphatic rings. The fourth-order valence-corrected chi connectivity index (χ4v) is 3.40. The highest BCUT2D eigenvalue weighted by Gasteiger charge is 2.17. The van der Waals surface area contributed by atoms with Gasteiger partial charge in [-0.15, -0.1) is 0 Å². The molecule has 0 radical (unpaired) electrons. The third kappa shape index (κ3) is 3.56. The van der Waals surface area contributed by atoms with Gasteiger partial charge in [0.05, 0.1) is 5.52 Å². The maximum Gasteiger partial charge on any atom is 0.352 e. The van der Waals surface area contributed by atoms with Gasteiger partial charge < -0.3 is 25.0 Å². The third-order valence-electron chi connectivity index (χ3n) is 4.76. The molecular formula is C19H21N5O3. The quantitative estimate of drug-likeness (QED) is 0.637. The van der Waals surface area contributed by atoms with Crippen LogP contribution in [0.3, 0.4) is 0 Å². The number of ether oxygens (including phenoxy) is 1. The number of hydrogen-bond acceptors (Lipinski definition) is 6. The van der Waals surface area contributed by atoms with Gasteiger partial charge in [0.15, 0.2) is 5.75 Å². The minimum absolute atomic E-state index is 0.206. The van der Waals surface area contributed by atoms with Crippen molar-refractivity contribution >= 4 is 22.8 Å². The molecule has 3 N–H and O–H groups in total. The Bertz CT molecular complexity index is 979. The summed E-state index contributed by atoms with van der Waals surface area (Å²) in [4.78, 5) is 20.1. The number of carboxylic acids is 1. The molecule has 0 spiro atoms. The minimum Gasteiger partial charge on any atom is -0.477 e. The predicted molar refractivity (Wildman–Crippen MR) is 101 cm³/mol. The normalized spacial score (nSPS) is 15.0. The van der Waals surface area contributed by atoms with Crippen molar-refractivity contribution in [2.45, 2.75) is 18.9 Å². The van der Waals surface area contributed by atoms with Crippen LogP contribution in [0.25, 0.3) is 10.9 Å². The Kier molecular flexibility index (Phi) is 4.64. The second-order valence-electron chi connectivity index (χ2n) is 6.58. The van der Waals surface area contributed by atoms with Gasteiger partial charge in [0.25, 0.3) is 0 Å². The van der Waals surface area contributed by atoms with Crippen molar-refractivity contribution in [3.8, 4) is 11.6 Å². The van der Waals surface area contributed by atoms with Crippen LogP contribution in [0, 0.1) is 0 Å². The molecule has 1 saturated heterocycles. The van der Waals surface area contributed by atoms with Gasteiger partial charge in [-0.05, 0) is 38.1 Å². The lowest BCUT2D eigenvalue weighted by Crippen LogP contribution is -2.35. The lowest BCUT2D eigenvalue weighted by atomic mass is 10.1. The molecule has 0 unspecified atom stereocenters. The van der Waals surface area contributed by atoms with E-state index in [1.165, 1.54) is 0 Å². The monoisotopic (exact) mass is 367 g/mol. The van der Waals surface area contributed by atoms with Gasteiger partial charge >= 0.3 is 5.97 Å². The van der Waals surface area contributed by atoms with Crippen LogP contribution in [0.5, 0.6) is 11.6 Å². The van der Waals surface area contributed by atoms with Crippen LogP contribution >= 0.6 is 0 Å². The summed E-state index contributed by atoms with van der Waals surface area (Å²) in [5, 5.41) is 16.8. The Hall–Kier alpha value is -3.13. The van der Waals surface area contributed by atoms with Gasteiger partial charge in [-0.2, -0.15) is 4.98 Å². The molecule has 8 nitrogen and oxygen atoms in total. The fourth-order valence-electron chi connectivity index (χ4n) is 3.40. The molecule has 4 rings (SSSR count). The summed E-state index contributed by atoms with van der Waals surface area (Å²) in [6, 6.07) is 9.16. The zero-order valence-electron chi connectivity index (χ0n) is 15.0. The smallest absolute Gasteiger partial charge is 0.352 e. The molecule has 1 aliphatic heterocycles. The number of carboxylic acid groups (broad SMARTS) is 1. The Morgan fingerprint density at radius 1 is 1.33 bits per heavy atom. The molecule has 3 heterocycles. The fraction of sp³-hybridized carbons (Fsp3) is 0.316. The van der Waals surface area contributed by atoms with Gasteiger partial charge in [-0.1, -0.05) is 12.1 Å². The van der Waals surface area contributed by atoms with E-state index in [0.29, 0.717) is 29.1 Å². The summed E-state index contributed by atoms with van der Waals surface area (Å²) in [7, 11) is 1.71. The first-order valence-corrected chi connectivity index (χ1v) is 8.92. The zero-order chi connectivity index (χ0) is 18.8. The van der Waals surface area contributed by atoms with Crippen LogP contribution < -0.4 is 15.4 Å². The van der Waals surface area contributed by atoms with E-state index in [1.807, 2.05) is 12.1 Å². The number of para-hydroxylation sites is 1. The average Bonchev–Trinajstić information content (AvgIpc) is 3.01. The number of carbonyl (C=O) groups is 1. The maximum atomic E-state index is 11.4. The van der Waals surface area contributed by atoms with Gasteiger partial charge in [-0.3, -0.25) is 0 Å². The van der Waals surface area contributed by atoms with E-state index < -0.39 is 5.97 Å². The number of aryl methyl sites for hydroxylation is 1. The van der Waals surface area contributed by atoms with Crippen LogP contribution in [0.4, 0.5) is 5.95 Å². The van der Waals surface area contributed by atoms with Crippen molar-refractivity contribution in [3.05, 3.63) is 42.2 Å². The van der Waals surface area contributed by atoms with Crippen molar-refractivity contribution in [1.29, 1.82) is 0 Å². The molecule has 3 aromatic rings. The van der Waals surface area contributed by atoms with Crippen molar-refractivity contribution < 1.29 is 14.6 Å². The molecule has 2 aromatic heterocycles. The van der Waals surface area contributed by atoms with Crippen LogP contribution in [0.2, 0.25) is 0 Å². The SMILES string of the molecule is Cn1c(C(=O)O)cc2cccc(Oc3ccnc(NC4CCNCC4)n3)c21. The molecule has 8 heteroatoms. The highest BCUT2D eigenvalue weighted by molar-refractivity contribution is 5.96. The summed E-state index contributed by atoms with van der Waals surface area (Å²) >= 11 is 0. The lowest BCUT2D eigenvalue weighted by molar-refractivity contribution is 0.0687. The highest BCUT2D eigenvalue weighted by atomic mass is 16.5. The largest absolute Gasteiger partial charge is 0.477 e. The Morgan fingerprint density at radius 3 is 2.93 bits per heavy atom. The number of nitrogens with zero attached hydrogens (tertiary/aromatic N) is 3. The minimum atomic E-state index is -0.977. The molecule has 140 valence electrons. The first-order valence-electron chi connectivity index (χ1n) is 8.92. The number of aromatic nitrogens is 3. The van der Waals surface area contributed by atoms with Crippen LogP contribution in [-0.4, -0.2) is 44.7 Å². The molecule has 0 bridgehead atoms. The molecule has 1 fully saturated rings. The predicted octanol–water partition coefficient (Wildman–Crippen LogP) is 2.62. The van der Waals surface area contributed by atoms with Gasteiger partial charge in [0.1, 0.15) is 5.69 Å². The molecular weight excluding hydrogens is 346 g/mol. The Balaban J connectivity index is 1.60. The van der Waals surface area contributed by atoms with Crippen LogP contribution in [0.15, 0.2) is 36.5 Å². The van der Waals surface area contributed by atoms with Gasteiger partial charge in [0.2, 0.25) is 11.8 Å². The number of rotatable bonds is 5. The van der Waals surface area contributed by atoms with E-state index in [1.54, 1.807) is 36.0 Å². The third-order valence-corrected chi connectivity index (χ3v) is 4.76. The first kappa shape index (κ1) is 17.3. The van der Waals surface area contributed by atoms with Crippen molar-refractivity contribution in [1.82, 2.24) is 19.9 Å². The van der Waals surface area contributed by atoms with E-state index >= 15 is 0 Å². The molecule has 27 heavy (non-hydrogen) atoms. The number of hydrogen-bond donors (Lipinski definition) is 3. The van der Waals surface area contributed by atoms with Gasteiger partial charge in [-0.25, -0.2) is 9.78 Å². The summed E-state index contributed by atoms with van der Waals surface area (Å²) in [5.74, 6) is 0.515. The Morgan fingerprint density at radius 2 is 2.15 bits per heavy atom. The number of piperidine rings is 1. The molecule has 0 saturated carbocycles. The average molecular weight is 367 g/mol. The molecule has 0 atom stereocenters. The number of aromatic carboxylic acids is 1. The summed E-state index contributed by atoms with van der Waals surface area (Å²) in [6.07, 6.45) is 3.70. The number of fused-ring (bicyclic) bond motifs is 1. The topological polar surface area (TPSA) is 101 Å². The Labute approximate surface area is 156 Å². The van der Waals surface area contributed by atoms with Crippen molar-refractivity contribution in [2.75, 3.05) is 18.4 Å². The van der Waals surface area contributed by atoms with E-state index in [-0.39, 0.29) is 5.69 Å². The van der Waals surface area contributed by atoms with E-state index in [0.717, 1.165) is 31.3 Å². The zero-order valence-corrected chi connectivity index (χ0v) is 15.0. The van der Waals surface area contributed by atoms with Gasteiger partial charge in [0, 0.05) is 30.7 Å². The number of benzene rings is 1. The van der Waals surface area contributed by atoms with E-state index in [9.17, 15) is 9.90 Å². The lowest BCUT2D eigenvalue weighted by Gasteiger charge is -2.23. The second-order valence-corrected chi connectivity index (χ2v) is 6.58. The van der Waals surface area contributed by atoms with Crippen LogP contribution in [0.1, 0.15) is 23.3 Å². The van der Waals surface area contributed by atoms with E-state index in [4.69, 9.17) is 4.74 Å². The first-order chi connectivity index (χ1) is 13.1.